The van der Waals surface area contributed by atoms with Gasteiger partial charge in [-0.25, -0.2) is 4.98 Å². The van der Waals surface area contributed by atoms with Gasteiger partial charge < -0.3 is 10.1 Å². The van der Waals surface area contributed by atoms with E-state index < -0.39 is 0 Å². The first kappa shape index (κ1) is 14.4. The van der Waals surface area contributed by atoms with Crippen molar-refractivity contribution in [2.24, 2.45) is 0 Å². The number of allylic oxidation sites excluding steroid dienone is 2. The Morgan fingerprint density at radius 1 is 1.18 bits per heavy atom. The van der Waals surface area contributed by atoms with Crippen LogP contribution in [-0.2, 0) is 6.42 Å². The predicted octanol–water partition coefficient (Wildman–Crippen LogP) is 4.36. The minimum Gasteiger partial charge on any atom is -0.510 e. The number of aliphatic hydroxyl groups excluding tert-OH is 1. The molecule has 5 heteroatoms. The van der Waals surface area contributed by atoms with Crippen molar-refractivity contribution in [3.63, 3.8) is 0 Å². The molecule has 0 atom stereocenters. The number of nitriles is 1. The van der Waals surface area contributed by atoms with E-state index in [-0.39, 0.29) is 17.8 Å². The zero-order valence-electron chi connectivity index (χ0n) is 11.5. The fourth-order valence-electron chi connectivity index (χ4n) is 2.21. The second kappa shape index (κ2) is 6.04. The third-order valence-electron chi connectivity index (χ3n) is 3.31. The molecule has 0 bridgehead atoms. The zero-order valence-corrected chi connectivity index (χ0v) is 13.1. The molecule has 1 aromatic heterocycles. The molecular formula is C17H12BrN3O. The number of imidazole rings is 1. The van der Waals surface area contributed by atoms with Crippen LogP contribution in [0.2, 0.25) is 0 Å². The number of benzene rings is 2. The summed E-state index contributed by atoms with van der Waals surface area (Å²) in [6.07, 6.45) is 0.285. The smallest absolute Gasteiger partial charge is 0.152 e. The molecule has 0 fully saturated rings. The van der Waals surface area contributed by atoms with E-state index >= 15 is 0 Å². The Morgan fingerprint density at radius 2 is 1.91 bits per heavy atom. The first-order valence-corrected chi connectivity index (χ1v) is 7.48. The van der Waals surface area contributed by atoms with Crippen LogP contribution < -0.4 is 0 Å². The second-order valence-corrected chi connectivity index (χ2v) is 5.75. The SMILES string of the molecule is N#C/C(=C(/O)Cc1ccc(Br)cc1)c1nc2ccccc2[nH]1. The highest BCUT2D eigenvalue weighted by molar-refractivity contribution is 9.10. The van der Waals surface area contributed by atoms with Gasteiger partial charge in [0.25, 0.3) is 0 Å². The molecule has 0 spiro atoms. The number of nitrogens with one attached hydrogen (secondary N) is 1. The Labute approximate surface area is 135 Å². The van der Waals surface area contributed by atoms with Crippen LogP contribution in [0.15, 0.2) is 58.8 Å². The first-order valence-electron chi connectivity index (χ1n) is 6.69. The number of aromatic amines is 1. The molecule has 0 aliphatic heterocycles. The fraction of sp³-hybridized carbons (Fsp3) is 0.0588. The molecule has 4 nitrogen and oxygen atoms in total. The molecule has 0 saturated heterocycles. The van der Waals surface area contributed by atoms with Gasteiger partial charge in [0.15, 0.2) is 5.82 Å². The molecule has 0 unspecified atom stereocenters. The molecule has 0 aliphatic carbocycles. The van der Waals surface area contributed by atoms with Crippen LogP contribution in [0.1, 0.15) is 11.4 Å². The molecule has 3 rings (SSSR count). The van der Waals surface area contributed by atoms with E-state index in [1.54, 1.807) is 0 Å². The van der Waals surface area contributed by atoms with Gasteiger partial charge >= 0.3 is 0 Å². The van der Waals surface area contributed by atoms with Gasteiger partial charge in [-0.05, 0) is 29.8 Å². The lowest BCUT2D eigenvalue weighted by Crippen LogP contribution is -1.96. The second-order valence-electron chi connectivity index (χ2n) is 4.84. The molecular weight excluding hydrogens is 342 g/mol. The summed E-state index contributed by atoms with van der Waals surface area (Å²) >= 11 is 3.37. The highest BCUT2D eigenvalue weighted by Gasteiger charge is 2.13. The summed E-state index contributed by atoms with van der Waals surface area (Å²) in [6, 6.07) is 17.1. The molecule has 1 heterocycles. The Bertz CT molecular complexity index is 855. The number of aromatic nitrogens is 2. The van der Waals surface area contributed by atoms with Crippen molar-refractivity contribution in [2.45, 2.75) is 6.42 Å². The van der Waals surface area contributed by atoms with E-state index in [2.05, 4.69) is 25.9 Å². The number of rotatable bonds is 3. The molecule has 22 heavy (non-hydrogen) atoms. The van der Waals surface area contributed by atoms with E-state index in [1.165, 1.54) is 0 Å². The summed E-state index contributed by atoms with van der Waals surface area (Å²) < 4.78 is 0.970. The lowest BCUT2D eigenvalue weighted by atomic mass is 10.1. The van der Waals surface area contributed by atoms with Crippen molar-refractivity contribution < 1.29 is 5.11 Å². The molecule has 0 radical (unpaired) electrons. The lowest BCUT2D eigenvalue weighted by Gasteiger charge is -2.03. The van der Waals surface area contributed by atoms with E-state index in [0.717, 1.165) is 21.1 Å². The minimum absolute atomic E-state index is 0.00359. The van der Waals surface area contributed by atoms with Gasteiger partial charge in [0, 0.05) is 10.9 Å². The summed E-state index contributed by atoms with van der Waals surface area (Å²) in [5.41, 5.74) is 2.69. The van der Waals surface area contributed by atoms with Gasteiger partial charge in [-0.1, -0.05) is 40.2 Å². The standard InChI is InChI=1S/C17H12BrN3O/c18-12-7-5-11(6-8-12)9-16(22)13(10-19)17-20-14-3-1-2-4-15(14)21-17/h1-8,22H,9H2,(H,20,21)/b16-13-. The van der Waals surface area contributed by atoms with Crippen LogP contribution >= 0.6 is 15.9 Å². The maximum Gasteiger partial charge on any atom is 0.152 e. The maximum atomic E-state index is 10.3. The monoisotopic (exact) mass is 353 g/mol. The minimum atomic E-state index is 0.00359. The van der Waals surface area contributed by atoms with Gasteiger partial charge in [-0.3, -0.25) is 0 Å². The summed E-state index contributed by atoms with van der Waals surface area (Å²) in [6.45, 7) is 0. The largest absolute Gasteiger partial charge is 0.510 e. The number of H-pyrrole nitrogens is 1. The van der Waals surface area contributed by atoms with Crippen LogP contribution in [0.4, 0.5) is 0 Å². The number of hydrogen-bond acceptors (Lipinski definition) is 3. The first-order chi connectivity index (χ1) is 10.7. The van der Waals surface area contributed by atoms with Crippen molar-refractivity contribution in [3.05, 3.63) is 70.2 Å². The van der Waals surface area contributed by atoms with Gasteiger partial charge in [0.1, 0.15) is 17.4 Å². The van der Waals surface area contributed by atoms with Crippen molar-refractivity contribution in [1.82, 2.24) is 9.97 Å². The third kappa shape index (κ3) is 2.87. The average Bonchev–Trinajstić information content (AvgIpc) is 2.94. The highest BCUT2D eigenvalue weighted by Crippen LogP contribution is 2.21. The molecule has 3 aromatic rings. The number of halogens is 1. The van der Waals surface area contributed by atoms with E-state index in [0.29, 0.717) is 5.82 Å². The molecule has 0 aliphatic rings. The van der Waals surface area contributed by atoms with Gasteiger partial charge in [0.2, 0.25) is 0 Å². The topological polar surface area (TPSA) is 72.7 Å². The Balaban J connectivity index is 1.97. The van der Waals surface area contributed by atoms with Crippen molar-refractivity contribution in [3.8, 4) is 6.07 Å². The number of fused-ring (bicyclic) bond motifs is 1. The van der Waals surface area contributed by atoms with Gasteiger partial charge in [-0.15, -0.1) is 0 Å². The van der Waals surface area contributed by atoms with E-state index in [4.69, 9.17) is 0 Å². The Hall–Kier alpha value is -2.58. The summed E-state index contributed by atoms with van der Waals surface area (Å²) in [4.78, 5) is 7.42. The highest BCUT2D eigenvalue weighted by atomic mass is 79.9. The molecule has 0 amide bonds. The van der Waals surface area contributed by atoms with Crippen LogP contribution in [0.3, 0.4) is 0 Å². The average molecular weight is 354 g/mol. The number of hydrogen-bond donors (Lipinski definition) is 2. The van der Waals surface area contributed by atoms with Crippen LogP contribution in [-0.4, -0.2) is 15.1 Å². The normalized spacial score (nSPS) is 12.0. The maximum absolute atomic E-state index is 10.3. The molecule has 2 aromatic carbocycles. The molecule has 0 saturated carbocycles. The summed E-state index contributed by atoms with van der Waals surface area (Å²) in [5.74, 6) is 0.391. The number of aliphatic hydroxyl groups is 1. The quantitative estimate of drug-likeness (QED) is 0.542. The Kier molecular flexibility index (Phi) is 3.94. The van der Waals surface area contributed by atoms with Crippen molar-refractivity contribution in [2.75, 3.05) is 0 Å². The zero-order chi connectivity index (χ0) is 15.5. The van der Waals surface area contributed by atoms with Crippen LogP contribution in [0.25, 0.3) is 16.6 Å². The van der Waals surface area contributed by atoms with Crippen molar-refractivity contribution in [1.29, 1.82) is 5.26 Å². The summed E-state index contributed by atoms with van der Waals surface area (Å²) in [5, 5.41) is 19.7. The molecule has 108 valence electrons. The third-order valence-corrected chi connectivity index (χ3v) is 3.84. The molecule has 2 N–H and O–H groups in total. The van der Waals surface area contributed by atoms with E-state index in [1.807, 2.05) is 54.6 Å². The summed E-state index contributed by atoms with van der Waals surface area (Å²) in [7, 11) is 0. The number of nitrogens with zero attached hydrogens (tertiary/aromatic N) is 2. The number of para-hydroxylation sites is 2. The van der Waals surface area contributed by atoms with Gasteiger partial charge in [-0.2, -0.15) is 5.26 Å². The van der Waals surface area contributed by atoms with E-state index in [9.17, 15) is 10.4 Å². The van der Waals surface area contributed by atoms with Crippen LogP contribution in [0.5, 0.6) is 0 Å². The predicted molar refractivity (Wildman–Crippen MR) is 89.1 cm³/mol. The fourth-order valence-corrected chi connectivity index (χ4v) is 2.47. The van der Waals surface area contributed by atoms with Crippen molar-refractivity contribution >= 4 is 32.5 Å². The Morgan fingerprint density at radius 3 is 2.59 bits per heavy atom. The lowest BCUT2D eigenvalue weighted by molar-refractivity contribution is 0.402. The van der Waals surface area contributed by atoms with Crippen LogP contribution in [0, 0.1) is 11.3 Å². The van der Waals surface area contributed by atoms with Gasteiger partial charge in [0.05, 0.1) is 11.0 Å².